The number of aryl methyl sites for hydroxylation is 1. The normalized spacial score (nSPS) is 18.0. The summed E-state index contributed by atoms with van der Waals surface area (Å²) in [6.45, 7) is 1.04. The highest BCUT2D eigenvalue weighted by Gasteiger charge is 2.27. The number of rotatable bonds is 6. The molecular formula is C17H23NO4. The van der Waals surface area contributed by atoms with Crippen molar-refractivity contribution in [3.63, 3.8) is 0 Å². The van der Waals surface area contributed by atoms with Gasteiger partial charge in [0.25, 0.3) is 0 Å². The van der Waals surface area contributed by atoms with Crippen molar-refractivity contribution in [2.45, 2.75) is 32.1 Å². The molecule has 0 unspecified atom stereocenters. The van der Waals surface area contributed by atoms with Gasteiger partial charge in [0.05, 0.1) is 13.0 Å². The molecule has 1 fully saturated rings. The molecule has 1 amide bonds. The first-order chi connectivity index (χ1) is 10.6. The fourth-order valence-electron chi connectivity index (χ4n) is 2.80. The molecule has 1 heterocycles. The first kappa shape index (κ1) is 16.3. The maximum atomic E-state index is 12.2. The number of hydrogen-bond donors (Lipinski definition) is 1. The quantitative estimate of drug-likeness (QED) is 0.876. The molecule has 5 heteroatoms. The summed E-state index contributed by atoms with van der Waals surface area (Å²) in [6, 6.07) is 7.84. The van der Waals surface area contributed by atoms with E-state index in [1.54, 1.807) is 12.0 Å². The van der Waals surface area contributed by atoms with Crippen LogP contribution in [0.5, 0.6) is 5.75 Å². The van der Waals surface area contributed by atoms with Gasteiger partial charge < -0.3 is 14.7 Å². The fraction of sp³-hybridized carbons (Fsp3) is 0.529. The van der Waals surface area contributed by atoms with Crippen LogP contribution >= 0.6 is 0 Å². The van der Waals surface area contributed by atoms with Gasteiger partial charge in [-0.1, -0.05) is 12.1 Å². The van der Waals surface area contributed by atoms with Crippen LogP contribution in [0.2, 0.25) is 0 Å². The number of hydrogen-bond acceptors (Lipinski definition) is 3. The molecule has 1 aromatic rings. The van der Waals surface area contributed by atoms with Crippen molar-refractivity contribution < 1.29 is 19.4 Å². The molecule has 1 aromatic carbocycles. The van der Waals surface area contributed by atoms with E-state index in [0.29, 0.717) is 25.9 Å². The standard InChI is InChI=1S/C17H23NO4/c1-22-15-9-7-13(8-10-15)4-2-6-16(19)18-11-3-5-14(12-18)17(20)21/h7-10,14H,2-6,11-12H2,1H3,(H,20,21)/t14-/m1/s1. The van der Waals surface area contributed by atoms with Crippen molar-refractivity contribution >= 4 is 11.9 Å². The van der Waals surface area contributed by atoms with E-state index >= 15 is 0 Å². The second kappa shape index (κ2) is 7.82. The van der Waals surface area contributed by atoms with E-state index in [2.05, 4.69) is 0 Å². The van der Waals surface area contributed by atoms with Crippen molar-refractivity contribution in [1.29, 1.82) is 0 Å². The smallest absolute Gasteiger partial charge is 0.308 e. The lowest BCUT2D eigenvalue weighted by Gasteiger charge is -2.30. The van der Waals surface area contributed by atoms with Crippen LogP contribution in [0.1, 0.15) is 31.2 Å². The molecule has 0 aromatic heterocycles. The Kier molecular flexibility index (Phi) is 5.81. The molecule has 120 valence electrons. The Bertz CT molecular complexity index is 512. The molecule has 0 spiro atoms. The molecule has 22 heavy (non-hydrogen) atoms. The second-order valence-corrected chi connectivity index (χ2v) is 5.72. The van der Waals surface area contributed by atoms with Crippen LogP contribution in [0.4, 0.5) is 0 Å². The fourth-order valence-corrected chi connectivity index (χ4v) is 2.80. The summed E-state index contributed by atoms with van der Waals surface area (Å²) in [5.41, 5.74) is 1.18. The lowest BCUT2D eigenvalue weighted by Crippen LogP contribution is -2.42. The Hall–Kier alpha value is -2.04. The SMILES string of the molecule is COc1ccc(CCCC(=O)N2CCC[C@@H](C(=O)O)C2)cc1. The monoisotopic (exact) mass is 305 g/mol. The van der Waals surface area contributed by atoms with Gasteiger partial charge in [-0.05, 0) is 43.4 Å². The average molecular weight is 305 g/mol. The largest absolute Gasteiger partial charge is 0.497 e. The first-order valence-electron chi connectivity index (χ1n) is 7.73. The highest BCUT2D eigenvalue weighted by Crippen LogP contribution is 2.18. The van der Waals surface area contributed by atoms with Crippen LogP contribution in [0.15, 0.2) is 24.3 Å². The van der Waals surface area contributed by atoms with E-state index in [1.807, 2.05) is 24.3 Å². The van der Waals surface area contributed by atoms with Gasteiger partial charge >= 0.3 is 5.97 Å². The lowest BCUT2D eigenvalue weighted by molar-refractivity contribution is -0.145. The Morgan fingerprint density at radius 2 is 2.05 bits per heavy atom. The lowest BCUT2D eigenvalue weighted by atomic mass is 9.97. The van der Waals surface area contributed by atoms with E-state index in [0.717, 1.165) is 25.0 Å². The molecule has 1 saturated heterocycles. The molecule has 1 N–H and O–H groups in total. The summed E-state index contributed by atoms with van der Waals surface area (Å²) in [5.74, 6) is -0.303. The van der Waals surface area contributed by atoms with Crippen LogP contribution in [-0.4, -0.2) is 42.1 Å². The van der Waals surface area contributed by atoms with Crippen LogP contribution in [-0.2, 0) is 16.0 Å². The maximum Gasteiger partial charge on any atom is 0.308 e. The van der Waals surface area contributed by atoms with Gasteiger partial charge in [-0.25, -0.2) is 0 Å². The third-order valence-corrected chi connectivity index (χ3v) is 4.14. The Morgan fingerprint density at radius 1 is 1.32 bits per heavy atom. The number of carbonyl (C=O) groups excluding carboxylic acids is 1. The minimum Gasteiger partial charge on any atom is -0.497 e. The highest BCUT2D eigenvalue weighted by atomic mass is 16.5. The van der Waals surface area contributed by atoms with Gasteiger partial charge in [0.2, 0.25) is 5.91 Å². The molecule has 0 radical (unpaired) electrons. The summed E-state index contributed by atoms with van der Waals surface area (Å²) in [6.07, 6.45) is 3.54. The zero-order valence-corrected chi connectivity index (χ0v) is 13.0. The third-order valence-electron chi connectivity index (χ3n) is 4.14. The molecule has 5 nitrogen and oxygen atoms in total. The number of methoxy groups -OCH3 is 1. The third kappa shape index (κ3) is 4.48. The van der Waals surface area contributed by atoms with Crippen molar-refractivity contribution in [2.24, 2.45) is 5.92 Å². The van der Waals surface area contributed by atoms with Crippen molar-refractivity contribution in [2.75, 3.05) is 20.2 Å². The summed E-state index contributed by atoms with van der Waals surface area (Å²) < 4.78 is 5.11. The minimum atomic E-state index is -0.796. The van der Waals surface area contributed by atoms with Gasteiger partial charge in [0, 0.05) is 19.5 Å². The van der Waals surface area contributed by atoms with Gasteiger partial charge in [0.1, 0.15) is 5.75 Å². The zero-order chi connectivity index (χ0) is 15.9. The number of ether oxygens (including phenoxy) is 1. The number of benzene rings is 1. The molecular weight excluding hydrogens is 282 g/mol. The molecule has 0 bridgehead atoms. The number of piperidine rings is 1. The second-order valence-electron chi connectivity index (χ2n) is 5.72. The van der Waals surface area contributed by atoms with E-state index in [4.69, 9.17) is 9.84 Å². The van der Waals surface area contributed by atoms with Crippen LogP contribution in [0.3, 0.4) is 0 Å². The number of amides is 1. The molecule has 2 rings (SSSR count). The number of carboxylic acid groups (broad SMARTS) is 1. The van der Waals surface area contributed by atoms with Gasteiger partial charge in [0.15, 0.2) is 0 Å². The van der Waals surface area contributed by atoms with E-state index in [9.17, 15) is 9.59 Å². The number of aliphatic carboxylic acids is 1. The molecule has 1 aliphatic heterocycles. The van der Waals surface area contributed by atoms with E-state index < -0.39 is 11.9 Å². The van der Waals surface area contributed by atoms with Crippen molar-refractivity contribution in [3.8, 4) is 5.75 Å². The topological polar surface area (TPSA) is 66.8 Å². The number of likely N-dealkylation sites (tertiary alicyclic amines) is 1. The predicted octanol–water partition coefficient (Wildman–Crippen LogP) is 2.34. The van der Waals surface area contributed by atoms with Crippen LogP contribution in [0.25, 0.3) is 0 Å². The first-order valence-corrected chi connectivity index (χ1v) is 7.73. The van der Waals surface area contributed by atoms with Gasteiger partial charge in [-0.15, -0.1) is 0 Å². The minimum absolute atomic E-state index is 0.0689. The average Bonchev–Trinajstić information content (AvgIpc) is 2.55. The van der Waals surface area contributed by atoms with E-state index in [1.165, 1.54) is 5.56 Å². The Morgan fingerprint density at radius 3 is 2.68 bits per heavy atom. The van der Waals surface area contributed by atoms with Crippen LogP contribution in [0, 0.1) is 5.92 Å². The zero-order valence-electron chi connectivity index (χ0n) is 13.0. The summed E-state index contributed by atoms with van der Waals surface area (Å²) in [4.78, 5) is 24.9. The molecule has 0 saturated carbocycles. The summed E-state index contributed by atoms with van der Waals surface area (Å²) in [7, 11) is 1.64. The predicted molar refractivity (Wildman–Crippen MR) is 82.9 cm³/mol. The maximum absolute atomic E-state index is 12.2. The Labute approximate surface area is 130 Å². The molecule has 1 atom stereocenters. The Balaban J connectivity index is 1.76. The molecule has 1 aliphatic rings. The number of nitrogens with zero attached hydrogens (tertiary/aromatic N) is 1. The van der Waals surface area contributed by atoms with Crippen molar-refractivity contribution in [1.82, 2.24) is 4.90 Å². The van der Waals surface area contributed by atoms with Gasteiger partial charge in [-0.3, -0.25) is 9.59 Å². The summed E-state index contributed by atoms with van der Waals surface area (Å²) in [5, 5.41) is 9.06. The van der Waals surface area contributed by atoms with Gasteiger partial charge in [-0.2, -0.15) is 0 Å². The number of carbonyl (C=O) groups is 2. The van der Waals surface area contributed by atoms with E-state index in [-0.39, 0.29) is 5.91 Å². The van der Waals surface area contributed by atoms with Crippen molar-refractivity contribution in [3.05, 3.63) is 29.8 Å². The summed E-state index contributed by atoms with van der Waals surface area (Å²) >= 11 is 0. The number of carboxylic acids is 1. The molecule has 0 aliphatic carbocycles. The van der Waals surface area contributed by atoms with Crippen LogP contribution < -0.4 is 4.74 Å². The highest BCUT2D eigenvalue weighted by molar-refractivity contribution is 5.78.